The van der Waals surface area contributed by atoms with Gasteiger partial charge in [-0.25, -0.2) is 9.18 Å². The standard InChI is InChI=1S/C19H19BrFNO2/c1-19(2)12-22(10-14-15(19)8-9-16(21)17(14)20)18(23)24-11-13-6-4-3-5-7-13/h3-9H,10-12H2,1-2H3. The number of fused-ring (bicyclic) bond motifs is 1. The Bertz CT molecular complexity index is 761. The molecule has 1 heterocycles. The molecule has 2 aromatic rings. The number of rotatable bonds is 2. The summed E-state index contributed by atoms with van der Waals surface area (Å²) in [6.07, 6.45) is -0.381. The van der Waals surface area contributed by atoms with Crippen LogP contribution < -0.4 is 0 Å². The van der Waals surface area contributed by atoms with Gasteiger partial charge in [-0.1, -0.05) is 50.2 Å². The fourth-order valence-electron chi connectivity index (χ4n) is 3.13. The van der Waals surface area contributed by atoms with Crippen molar-refractivity contribution in [2.24, 2.45) is 0 Å². The van der Waals surface area contributed by atoms with Crippen LogP contribution in [0.5, 0.6) is 0 Å². The third-order valence-corrected chi connectivity index (χ3v) is 5.18. The summed E-state index contributed by atoms with van der Waals surface area (Å²) in [6.45, 7) is 5.20. The number of nitrogens with zero attached hydrogens (tertiary/aromatic N) is 1. The number of carbonyl (C=O) groups is 1. The first-order chi connectivity index (χ1) is 11.4. The molecule has 5 heteroatoms. The molecule has 3 rings (SSSR count). The lowest BCUT2D eigenvalue weighted by Gasteiger charge is -2.39. The second-order valence-corrected chi connectivity index (χ2v) is 7.46. The molecular weight excluding hydrogens is 373 g/mol. The lowest BCUT2D eigenvalue weighted by molar-refractivity contribution is 0.0816. The normalized spacial score (nSPS) is 15.8. The molecule has 0 fully saturated rings. The molecule has 2 aromatic carbocycles. The van der Waals surface area contributed by atoms with Crippen LogP contribution in [-0.2, 0) is 23.3 Å². The third-order valence-electron chi connectivity index (χ3n) is 4.32. The Hall–Kier alpha value is -1.88. The molecule has 126 valence electrons. The summed E-state index contributed by atoms with van der Waals surface area (Å²) in [7, 11) is 0. The van der Waals surface area contributed by atoms with E-state index >= 15 is 0 Å². The van der Waals surface area contributed by atoms with Gasteiger partial charge < -0.3 is 9.64 Å². The molecule has 1 aliphatic heterocycles. The van der Waals surface area contributed by atoms with Crippen molar-refractivity contribution in [2.75, 3.05) is 6.54 Å². The van der Waals surface area contributed by atoms with Crippen molar-refractivity contribution in [1.82, 2.24) is 4.90 Å². The highest BCUT2D eigenvalue weighted by Gasteiger charge is 2.36. The lowest BCUT2D eigenvalue weighted by atomic mass is 9.78. The first-order valence-corrected chi connectivity index (χ1v) is 8.61. The van der Waals surface area contributed by atoms with Crippen molar-refractivity contribution in [3.8, 4) is 0 Å². The van der Waals surface area contributed by atoms with Crippen molar-refractivity contribution in [1.29, 1.82) is 0 Å². The van der Waals surface area contributed by atoms with Gasteiger partial charge in [-0.3, -0.25) is 0 Å². The number of benzene rings is 2. The van der Waals surface area contributed by atoms with Crippen LogP contribution in [0.3, 0.4) is 0 Å². The van der Waals surface area contributed by atoms with Crippen LogP contribution in [0.2, 0.25) is 0 Å². The Morgan fingerprint density at radius 3 is 2.67 bits per heavy atom. The Morgan fingerprint density at radius 2 is 1.96 bits per heavy atom. The van der Waals surface area contributed by atoms with E-state index in [1.807, 2.05) is 50.2 Å². The molecule has 0 saturated heterocycles. The molecule has 0 atom stereocenters. The molecule has 3 nitrogen and oxygen atoms in total. The molecule has 0 aliphatic carbocycles. The van der Waals surface area contributed by atoms with Gasteiger partial charge in [0.15, 0.2) is 0 Å². The average molecular weight is 392 g/mol. The van der Waals surface area contributed by atoms with Crippen molar-refractivity contribution < 1.29 is 13.9 Å². The number of halogens is 2. The van der Waals surface area contributed by atoms with Crippen LogP contribution in [0.1, 0.15) is 30.5 Å². The van der Waals surface area contributed by atoms with E-state index in [2.05, 4.69) is 15.9 Å². The molecule has 0 N–H and O–H groups in total. The second kappa shape index (κ2) is 6.55. The Kier molecular flexibility index (Phi) is 4.63. The van der Waals surface area contributed by atoms with Crippen molar-refractivity contribution in [3.63, 3.8) is 0 Å². The highest BCUT2D eigenvalue weighted by molar-refractivity contribution is 9.10. The van der Waals surface area contributed by atoms with Gasteiger partial charge in [-0.2, -0.15) is 0 Å². The van der Waals surface area contributed by atoms with Crippen LogP contribution in [0, 0.1) is 5.82 Å². The summed E-state index contributed by atoms with van der Waals surface area (Å²) < 4.78 is 19.7. The summed E-state index contributed by atoms with van der Waals surface area (Å²) >= 11 is 3.32. The minimum Gasteiger partial charge on any atom is -0.445 e. The summed E-state index contributed by atoms with van der Waals surface area (Å²) in [5.74, 6) is -0.316. The first-order valence-electron chi connectivity index (χ1n) is 7.81. The second-order valence-electron chi connectivity index (χ2n) is 6.67. The lowest BCUT2D eigenvalue weighted by Crippen LogP contribution is -2.45. The zero-order valence-electron chi connectivity index (χ0n) is 13.7. The van der Waals surface area contributed by atoms with Gasteiger partial charge in [0.25, 0.3) is 0 Å². The van der Waals surface area contributed by atoms with Crippen molar-refractivity contribution in [2.45, 2.75) is 32.4 Å². The number of hydrogen-bond donors (Lipinski definition) is 0. The Labute approximate surface area is 149 Å². The highest BCUT2D eigenvalue weighted by atomic mass is 79.9. The maximum absolute atomic E-state index is 13.9. The Morgan fingerprint density at radius 1 is 1.25 bits per heavy atom. The van der Waals surface area contributed by atoms with E-state index in [4.69, 9.17) is 4.74 Å². The Balaban J connectivity index is 1.78. The van der Waals surface area contributed by atoms with E-state index in [0.29, 0.717) is 17.6 Å². The van der Waals surface area contributed by atoms with Crippen LogP contribution in [0.15, 0.2) is 46.9 Å². The van der Waals surface area contributed by atoms with E-state index in [0.717, 1.165) is 16.7 Å². The molecule has 1 amide bonds. The van der Waals surface area contributed by atoms with E-state index in [-0.39, 0.29) is 23.9 Å². The van der Waals surface area contributed by atoms with Gasteiger partial charge in [0.2, 0.25) is 0 Å². The fourth-order valence-corrected chi connectivity index (χ4v) is 3.60. The molecule has 0 saturated carbocycles. The van der Waals surface area contributed by atoms with Crippen molar-refractivity contribution in [3.05, 3.63) is 69.4 Å². The van der Waals surface area contributed by atoms with Crippen LogP contribution >= 0.6 is 15.9 Å². The smallest absolute Gasteiger partial charge is 0.410 e. The zero-order chi connectivity index (χ0) is 17.3. The summed E-state index contributed by atoms with van der Waals surface area (Å²) in [5, 5.41) is 0. The number of hydrogen-bond acceptors (Lipinski definition) is 2. The maximum atomic E-state index is 13.9. The van der Waals surface area contributed by atoms with E-state index < -0.39 is 0 Å². The molecule has 0 bridgehead atoms. The average Bonchev–Trinajstić information content (AvgIpc) is 2.56. The van der Waals surface area contributed by atoms with Crippen molar-refractivity contribution >= 4 is 22.0 Å². The van der Waals surface area contributed by atoms with Gasteiger partial charge in [0.1, 0.15) is 12.4 Å². The summed E-state index contributed by atoms with van der Waals surface area (Å²) in [4.78, 5) is 14.1. The van der Waals surface area contributed by atoms with Crippen LogP contribution in [-0.4, -0.2) is 17.5 Å². The predicted octanol–water partition coefficient (Wildman–Crippen LogP) is 5.02. The quantitative estimate of drug-likeness (QED) is 0.719. The minimum atomic E-state index is -0.381. The van der Waals surface area contributed by atoms with Gasteiger partial charge in [-0.05, 0) is 38.7 Å². The van der Waals surface area contributed by atoms with E-state index in [1.54, 1.807) is 4.90 Å². The molecule has 0 spiro atoms. The summed E-state index contributed by atoms with van der Waals surface area (Å²) in [6, 6.07) is 12.8. The molecule has 0 aromatic heterocycles. The number of ether oxygens (including phenoxy) is 1. The monoisotopic (exact) mass is 391 g/mol. The van der Waals surface area contributed by atoms with Gasteiger partial charge in [-0.15, -0.1) is 0 Å². The first kappa shape index (κ1) is 17.0. The molecule has 0 radical (unpaired) electrons. The summed E-state index contributed by atoms with van der Waals surface area (Å²) in [5.41, 5.74) is 2.54. The zero-order valence-corrected chi connectivity index (χ0v) is 15.3. The molecule has 24 heavy (non-hydrogen) atoms. The van der Waals surface area contributed by atoms with Gasteiger partial charge >= 0.3 is 6.09 Å². The number of carbonyl (C=O) groups excluding carboxylic acids is 1. The third kappa shape index (κ3) is 3.31. The van der Waals surface area contributed by atoms with Crippen LogP contribution in [0.4, 0.5) is 9.18 Å². The van der Waals surface area contributed by atoms with Crippen LogP contribution in [0.25, 0.3) is 0 Å². The maximum Gasteiger partial charge on any atom is 0.410 e. The number of amides is 1. The van der Waals surface area contributed by atoms with E-state index in [9.17, 15) is 9.18 Å². The van der Waals surface area contributed by atoms with Gasteiger partial charge in [0.05, 0.1) is 11.0 Å². The molecular formula is C19H19BrFNO2. The SMILES string of the molecule is CC1(C)CN(C(=O)OCc2ccccc2)Cc2c1ccc(F)c2Br. The topological polar surface area (TPSA) is 29.5 Å². The molecule has 0 unspecified atom stereocenters. The highest BCUT2D eigenvalue weighted by Crippen LogP contribution is 2.38. The van der Waals surface area contributed by atoms with Gasteiger partial charge in [0, 0.05) is 12.0 Å². The largest absolute Gasteiger partial charge is 0.445 e. The minimum absolute atomic E-state index is 0.230. The fraction of sp³-hybridized carbons (Fsp3) is 0.316. The molecule has 1 aliphatic rings. The van der Waals surface area contributed by atoms with E-state index in [1.165, 1.54) is 6.07 Å². The predicted molar refractivity (Wildman–Crippen MR) is 94.2 cm³/mol.